The van der Waals surface area contributed by atoms with Crippen LogP contribution in [-0.2, 0) is 10.3 Å². The summed E-state index contributed by atoms with van der Waals surface area (Å²) in [6, 6.07) is 1.57. The van der Waals surface area contributed by atoms with Gasteiger partial charge in [-0.25, -0.2) is 4.79 Å². The zero-order valence-corrected chi connectivity index (χ0v) is 8.20. The average Bonchev–Trinajstić information content (AvgIpc) is 2.66. The number of carbonyl (C=O) groups is 1. The fourth-order valence-corrected chi connectivity index (χ4v) is 1.04. The minimum atomic E-state index is -0.844. The van der Waals surface area contributed by atoms with E-state index >= 15 is 0 Å². The topological polar surface area (TPSA) is 88.3 Å². The molecule has 0 radical (unpaired) electrons. The Hall–Kier alpha value is -1.33. The van der Waals surface area contributed by atoms with Gasteiger partial charge >= 0.3 is 5.97 Å². The molecule has 5 nitrogen and oxygen atoms in total. The van der Waals surface area contributed by atoms with Crippen LogP contribution in [0.4, 0.5) is 0 Å². The maximum Gasteiger partial charge on any atom is 0.354 e. The fraction of sp³-hybridized carbons (Fsp3) is 0.444. The van der Waals surface area contributed by atoms with Crippen LogP contribution in [0.3, 0.4) is 0 Å². The number of hydrogen-bond donors (Lipinski definition) is 3. The predicted octanol–water partition coefficient (Wildman–Crippen LogP) is -0.0325. The third-order valence-electron chi connectivity index (χ3n) is 2.08. The summed E-state index contributed by atoms with van der Waals surface area (Å²) >= 11 is 0. The van der Waals surface area contributed by atoms with Crippen LogP contribution in [0.5, 0.6) is 0 Å². The lowest BCUT2D eigenvalue weighted by Crippen LogP contribution is -2.36. The van der Waals surface area contributed by atoms with Crippen molar-refractivity contribution in [1.82, 2.24) is 4.98 Å². The molecule has 0 aromatic carbocycles. The minimum Gasteiger partial charge on any atom is -0.464 e. The molecule has 1 aromatic rings. The number of esters is 1. The summed E-state index contributed by atoms with van der Waals surface area (Å²) in [6.45, 7) is 1.49. The Balaban J connectivity index is 2.93. The van der Waals surface area contributed by atoms with E-state index in [1.165, 1.54) is 7.11 Å². The van der Waals surface area contributed by atoms with Crippen molar-refractivity contribution in [3.63, 3.8) is 0 Å². The summed E-state index contributed by atoms with van der Waals surface area (Å²) in [5.74, 6) is -0.454. The number of hydrogen-bond acceptors (Lipinski definition) is 4. The molecule has 0 amide bonds. The molecule has 0 aliphatic carbocycles. The smallest absolute Gasteiger partial charge is 0.354 e. The maximum absolute atomic E-state index is 11.1. The molecule has 0 saturated carbocycles. The highest BCUT2D eigenvalue weighted by molar-refractivity contribution is 5.87. The highest BCUT2D eigenvalue weighted by Crippen LogP contribution is 2.18. The average molecular weight is 198 g/mol. The first-order valence-corrected chi connectivity index (χ1v) is 4.18. The van der Waals surface area contributed by atoms with Gasteiger partial charge in [-0.15, -0.1) is 0 Å². The minimum absolute atomic E-state index is 0.189. The third-order valence-corrected chi connectivity index (χ3v) is 2.08. The number of aliphatic hydroxyl groups is 1. The Bertz CT molecular complexity index is 331. The number of ether oxygens (including phenoxy) is 1. The monoisotopic (exact) mass is 198 g/mol. The van der Waals surface area contributed by atoms with Gasteiger partial charge in [0.05, 0.1) is 19.3 Å². The molecule has 78 valence electrons. The van der Waals surface area contributed by atoms with Gasteiger partial charge in [-0.1, -0.05) is 0 Å². The van der Waals surface area contributed by atoms with Crippen LogP contribution in [0.1, 0.15) is 23.0 Å². The Morgan fingerprint density at radius 3 is 2.93 bits per heavy atom. The van der Waals surface area contributed by atoms with Crippen LogP contribution in [0.15, 0.2) is 12.3 Å². The van der Waals surface area contributed by atoms with Gasteiger partial charge in [0, 0.05) is 6.20 Å². The van der Waals surface area contributed by atoms with Crippen molar-refractivity contribution in [2.24, 2.45) is 5.73 Å². The van der Waals surface area contributed by atoms with Crippen LogP contribution >= 0.6 is 0 Å². The molecule has 4 N–H and O–H groups in total. The van der Waals surface area contributed by atoms with E-state index in [2.05, 4.69) is 9.72 Å². The molecule has 14 heavy (non-hydrogen) atoms. The summed E-state index contributed by atoms with van der Waals surface area (Å²) in [5.41, 5.74) is 5.92. The first kappa shape index (κ1) is 10.7. The molecule has 1 atom stereocenters. The largest absolute Gasteiger partial charge is 0.464 e. The van der Waals surface area contributed by atoms with Crippen LogP contribution < -0.4 is 5.73 Å². The van der Waals surface area contributed by atoms with Gasteiger partial charge < -0.3 is 20.6 Å². The van der Waals surface area contributed by atoms with Crippen molar-refractivity contribution in [3.8, 4) is 0 Å². The molecule has 5 heteroatoms. The van der Waals surface area contributed by atoms with E-state index in [1.54, 1.807) is 19.2 Å². The van der Waals surface area contributed by atoms with E-state index < -0.39 is 11.5 Å². The lowest BCUT2D eigenvalue weighted by Gasteiger charge is -2.19. The molecule has 1 aromatic heterocycles. The number of H-pyrrole nitrogens is 1. The van der Waals surface area contributed by atoms with Gasteiger partial charge in [0.25, 0.3) is 0 Å². The summed E-state index contributed by atoms with van der Waals surface area (Å²) in [7, 11) is 1.30. The number of rotatable bonds is 3. The molecule has 1 rings (SSSR count). The number of carbonyl (C=O) groups excluding carboxylic acids is 1. The lowest BCUT2D eigenvalue weighted by atomic mass is 9.97. The van der Waals surface area contributed by atoms with E-state index in [0.29, 0.717) is 11.3 Å². The van der Waals surface area contributed by atoms with Crippen molar-refractivity contribution < 1.29 is 14.6 Å². The molecule has 0 aliphatic rings. The van der Waals surface area contributed by atoms with Gasteiger partial charge in [-0.3, -0.25) is 0 Å². The van der Waals surface area contributed by atoms with E-state index in [0.717, 1.165) is 0 Å². The number of aromatic nitrogens is 1. The normalized spacial score (nSPS) is 14.9. The van der Waals surface area contributed by atoms with Crippen molar-refractivity contribution in [2.75, 3.05) is 13.7 Å². The van der Waals surface area contributed by atoms with Gasteiger partial charge in [0.15, 0.2) is 0 Å². The van der Waals surface area contributed by atoms with E-state index in [9.17, 15) is 4.79 Å². The Morgan fingerprint density at radius 1 is 1.79 bits per heavy atom. The molecule has 0 saturated heterocycles. The second-order valence-electron chi connectivity index (χ2n) is 3.37. The molecule has 1 heterocycles. The number of nitrogens with one attached hydrogen (secondary N) is 1. The molecule has 0 fully saturated rings. The Labute approximate surface area is 81.9 Å². The zero-order chi connectivity index (χ0) is 10.8. The molecule has 0 unspecified atom stereocenters. The Kier molecular flexibility index (Phi) is 2.93. The van der Waals surface area contributed by atoms with Gasteiger partial charge in [-0.2, -0.15) is 0 Å². The summed E-state index contributed by atoms with van der Waals surface area (Å²) in [6.07, 6.45) is 1.59. The third kappa shape index (κ3) is 1.94. The van der Waals surface area contributed by atoms with Crippen molar-refractivity contribution in [1.29, 1.82) is 0 Å². The second-order valence-corrected chi connectivity index (χ2v) is 3.37. The predicted molar refractivity (Wildman–Crippen MR) is 50.8 cm³/mol. The maximum atomic E-state index is 11.1. The fourth-order valence-electron chi connectivity index (χ4n) is 1.04. The van der Waals surface area contributed by atoms with Gasteiger partial charge in [0.1, 0.15) is 5.69 Å². The zero-order valence-electron chi connectivity index (χ0n) is 8.20. The van der Waals surface area contributed by atoms with E-state index in [4.69, 9.17) is 10.8 Å². The van der Waals surface area contributed by atoms with E-state index in [1.807, 2.05) is 0 Å². The van der Waals surface area contributed by atoms with Crippen LogP contribution in [0.2, 0.25) is 0 Å². The highest BCUT2D eigenvalue weighted by Gasteiger charge is 2.22. The first-order chi connectivity index (χ1) is 6.51. The SMILES string of the molecule is COC(=O)c1cc([C@](C)(N)CO)c[nH]1. The molecular weight excluding hydrogens is 184 g/mol. The van der Waals surface area contributed by atoms with Crippen molar-refractivity contribution in [2.45, 2.75) is 12.5 Å². The quantitative estimate of drug-likeness (QED) is 0.595. The number of nitrogens with two attached hydrogens (primary N) is 1. The molecule has 0 spiro atoms. The summed E-state index contributed by atoms with van der Waals surface area (Å²) in [4.78, 5) is 13.8. The van der Waals surface area contributed by atoms with Crippen LogP contribution in [-0.4, -0.2) is 29.8 Å². The van der Waals surface area contributed by atoms with Gasteiger partial charge in [0.2, 0.25) is 0 Å². The number of aliphatic hydroxyl groups excluding tert-OH is 1. The van der Waals surface area contributed by atoms with E-state index in [-0.39, 0.29) is 6.61 Å². The van der Waals surface area contributed by atoms with Crippen LogP contribution in [0.25, 0.3) is 0 Å². The summed E-state index contributed by atoms with van der Waals surface area (Å²) < 4.78 is 4.52. The van der Waals surface area contributed by atoms with Gasteiger partial charge in [-0.05, 0) is 18.6 Å². The summed E-state index contributed by atoms with van der Waals surface area (Å²) in [5, 5.41) is 9.00. The molecule has 0 aliphatic heterocycles. The van der Waals surface area contributed by atoms with Crippen molar-refractivity contribution >= 4 is 5.97 Å². The Morgan fingerprint density at radius 2 is 2.43 bits per heavy atom. The second kappa shape index (κ2) is 3.81. The highest BCUT2D eigenvalue weighted by atomic mass is 16.5. The molecule has 0 bridgehead atoms. The number of methoxy groups -OCH3 is 1. The van der Waals surface area contributed by atoms with Crippen molar-refractivity contribution in [3.05, 3.63) is 23.5 Å². The lowest BCUT2D eigenvalue weighted by molar-refractivity contribution is 0.0594. The first-order valence-electron chi connectivity index (χ1n) is 4.18. The molecular formula is C9H14N2O3. The number of aromatic amines is 1. The standard InChI is InChI=1S/C9H14N2O3/c1-9(10,5-12)6-3-7(11-4-6)8(13)14-2/h3-4,11-12H,5,10H2,1-2H3/t9-/m1/s1. The van der Waals surface area contributed by atoms with Crippen LogP contribution in [0, 0.1) is 0 Å².